The Bertz CT molecular complexity index is 451. The monoisotopic (exact) mass is 292 g/mol. The number of aliphatic hydroxyl groups excluding tert-OH is 1. The van der Waals surface area contributed by atoms with E-state index in [2.05, 4.69) is 4.90 Å². The SMILES string of the molecule is COCc1ccc(C(=O)N2CCN(C[C@H](C)O)CC2)cc1. The molecule has 0 aliphatic carbocycles. The summed E-state index contributed by atoms with van der Waals surface area (Å²) in [6, 6.07) is 7.58. The van der Waals surface area contributed by atoms with Gasteiger partial charge in [-0.3, -0.25) is 9.69 Å². The van der Waals surface area contributed by atoms with E-state index in [9.17, 15) is 9.90 Å². The average molecular weight is 292 g/mol. The lowest BCUT2D eigenvalue weighted by atomic mass is 10.1. The number of carbonyl (C=O) groups is 1. The van der Waals surface area contributed by atoms with Crippen molar-refractivity contribution in [1.29, 1.82) is 0 Å². The number of amides is 1. The quantitative estimate of drug-likeness (QED) is 0.879. The second kappa shape index (κ2) is 7.54. The molecule has 1 amide bonds. The van der Waals surface area contributed by atoms with Gasteiger partial charge in [0, 0.05) is 45.4 Å². The summed E-state index contributed by atoms with van der Waals surface area (Å²) >= 11 is 0. The predicted molar refractivity (Wildman–Crippen MR) is 81.2 cm³/mol. The number of piperazine rings is 1. The number of benzene rings is 1. The highest BCUT2D eigenvalue weighted by Crippen LogP contribution is 2.11. The Morgan fingerprint density at radius 2 is 1.86 bits per heavy atom. The maximum absolute atomic E-state index is 12.4. The van der Waals surface area contributed by atoms with Gasteiger partial charge in [-0.15, -0.1) is 0 Å². The van der Waals surface area contributed by atoms with Crippen LogP contribution < -0.4 is 0 Å². The summed E-state index contributed by atoms with van der Waals surface area (Å²) in [4.78, 5) is 16.5. The number of aliphatic hydroxyl groups is 1. The van der Waals surface area contributed by atoms with Crippen LogP contribution in [0.5, 0.6) is 0 Å². The lowest BCUT2D eigenvalue weighted by molar-refractivity contribution is 0.0554. The second-order valence-corrected chi connectivity index (χ2v) is 5.57. The molecular weight excluding hydrogens is 268 g/mol. The molecule has 1 N–H and O–H groups in total. The number of methoxy groups -OCH3 is 1. The normalized spacial score (nSPS) is 17.8. The number of nitrogens with zero attached hydrogens (tertiary/aromatic N) is 2. The molecule has 116 valence electrons. The molecule has 1 aliphatic heterocycles. The maximum atomic E-state index is 12.4. The fraction of sp³-hybridized carbons (Fsp3) is 0.562. The third-order valence-corrected chi connectivity index (χ3v) is 3.69. The van der Waals surface area contributed by atoms with Gasteiger partial charge in [0.1, 0.15) is 0 Å². The zero-order valence-corrected chi connectivity index (χ0v) is 12.8. The van der Waals surface area contributed by atoms with Gasteiger partial charge in [0.2, 0.25) is 0 Å². The number of ether oxygens (including phenoxy) is 1. The van der Waals surface area contributed by atoms with Crippen LogP contribution in [-0.2, 0) is 11.3 Å². The average Bonchev–Trinajstić information content (AvgIpc) is 2.48. The van der Waals surface area contributed by atoms with E-state index in [0.717, 1.165) is 24.2 Å². The Balaban J connectivity index is 1.89. The molecule has 2 rings (SSSR count). The summed E-state index contributed by atoms with van der Waals surface area (Å²) in [6.07, 6.45) is -0.319. The molecule has 0 radical (unpaired) electrons. The molecule has 1 aliphatic rings. The van der Waals surface area contributed by atoms with Crippen LogP contribution >= 0.6 is 0 Å². The number of β-amino-alcohol motifs (C(OH)–C–C–N with tert-alkyl or cyclic N) is 1. The van der Waals surface area contributed by atoms with Crippen LogP contribution in [0.4, 0.5) is 0 Å². The topological polar surface area (TPSA) is 53.0 Å². The van der Waals surface area contributed by atoms with Crippen molar-refractivity contribution < 1.29 is 14.6 Å². The molecule has 0 saturated carbocycles. The highest BCUT2D eigenvalue weighted by molar-refractivity contribution is 5.94. The van der Waals surface area contributed by atoms with Gasteiger partial charge in [0.15, 0.2) is 0 Å². The minimum absolute atomic E-state index is 0.0793. The van der Waals surface area contributed by atoms with Crippen LogP contribution in [-0.4, -0.2) is 66.8 Å². The Hall–Kier alpha value is -1.43. The lowest BCUT2D eigenvalue weighted by Crippen LogP contribution is -2.50. The number of hydrogen-bond acceptors (Lipinski definition) is 4. The van der Waals surface area contributed by atoms with E-state index in [4.69, 9.17) is 4.74 Å². The number of carbonyl (C=O) groups excluding carboxylic acids is 1. The van der Waals surface area contributed by atoms with Gasteiger partial charge in [-0.25, -0.2) is 0 Å². The maximum Gasteiger partial charge on any atom is 0.253 e. The van der Waals surface area contributed by atoms with Crippen molar-refractivity contribution in [1.82, 2.24) is 9.80 Å². The van der Waals surface area contributed by atoms with Crippen LogP contribution in [0.15, 0.2) is 24.3 Å². The summed E-state index contributed by atoms with van der Waals surface area (Å²) < 4.78 is 5.07. The summed E-state index contributed by atoms with van der Waals surface area (Å²) in [7, 11) is 1.66. The molecule has 0 bridgehead atoms. The van der Waals surface area contributed by atoms with Gasteiger partial charge in [0.05, 0.1) is 12.7 Å². The van der Waals surface area contributed by atoms with E-state index in [1.807, 2.05) is 29.2 Å². The first-order chi connectivity index (χ1) is 10.1. The van der Waals surface area contributed by atoms with Gasteiger partial charge in [0.25, 0.3) is 5.91 Å². The number of hydrogen-bond donors (Lipinski definition) is 1. The van der Waals surface area contributed by atoms with Gasteiger partial charge in [-0.1, -0.05) is 12.1 Å². The molecule has 5 nitrogen and oxygen atoms in total. The molecule has 21 heavy (non-hydrogen) atoms. The van der Waals surface area contributed by atoms with E-state index in [1.54, 1.807) is 14.0 Å². The Kier molecular flexibility index (Phi) is 5.73. The summed E-state index contributed by atoms with van der Waals surface area (Å²) in [5, 5.41) is 9.39. The second-order valence-electron chi connectivity index (χ2n) is 5.57. The standard InChI is InChI=1S/C16H24N2O3/c1-13(19)11-17-7-9-18(10-8-17)16(20)15-5-3-14(4-6-15)12-21-2/h3-6,13,19H,7-12H2,1-2H3/t13-/m0/s1. The van der Waals surface area contributed by atoms with Crippen molar-refractivity contribution in [3.05, 3.63) is 35.4 Å². The molecule has 1 atom stereocenters. The first-order valence-corrected chi connectivity index (χ1v) is 7.37. The fourth-order valence-corrected chi connectivity index (χ4v) is 2.60. The smallest absolute Gasteiger partial charge is 0.253 e. The van der Waals surface area contributed by atoms with Gasteiger partial charge in [-0.05, 0) is 24.6 Å². The van der Waals surface area contributed by atoms with E-state index >= 15 is 0 Å². The van der Waals surface area contributed by atoms with Gasteiger partial charge >= 0.3 is 0 Å². The minimum Gasteiger partial charge on any atom is -0.392 e. The Morgan fingerprint density at radius 3 is 2.38 bits per heavy atom. The molecule has 0 spiro atoms. The first-order valence-electron chi connectivity index (χ1n) is 7.37. The van der Waals surface area contributed by atoms with Crippen LogP contribution in [0.1, 0.15) is 22.8 Å². The van der Waals surface area contributed by atoms with Crippen molar-refractivity contribution in [2.75, 3.05) is 39.8 Å². The highest BCUT2D eigenvalue weighted by atomic mass is 16.5. The van der Waals surface area contributed by atoms with E-state index in [1.165, 1.54) is 0 Å². The molecule has 5 heteroatoms. The molecule has 1 heterocycles. The largest absolute Gasteiger partial charge is 0.392 e. The molecule has 1 fully saturated rings. The predicted octanol–water partition coefficient (Wildman–Crippen LogP) is 0.972. The zero-order valence-electron chi connectivity index (χ0n) is 12.8. The Morgan fingerprint density at radius 1 is 1.24 bits per heavy atom. The lowest BCUT2D eigenvalue weighted by Gasteiger charge is -2.35. The van der Waals surface area contributed by atoms with E-state index in [-0.39, 0.29) is 12.0 Å². The van der Waals surface area contributed by atoms with Crippen LogP contribution in [0.25, 0.3) is 0 Å². The summed E-state index contributed by atoms with van der Waals surface area (Å²) in [6.45, 7) is 6.09. The molecular formula is C16H24N2O3. The minimum atomic E-state index is -0.319. The fourth-order valence-electron chi connectivity index (χ4n) is 2.60. The summed E-state index contributed by atoms with van der Waals surface area (Å²) in [5.74, 6) is 0.0793. The Labute approximate surface area is 126 Å². The van der Waals surface area contributed by atoms with Crippen molar-refractivity contribution in [2.24, 2.45) is 0 Å². The third kappa shape index (κ3) is 4.52. The zero-order chi connectivity index (χ0) is 15.2. The van der Waals surface area contributed by atoms with Gasteiger partial charge < -0.3 is 14.7 Å². The van der Waals surface area contributed by atoms with Crippen LogP contribution in [0, 0.1) is 0 Å². The van der Waals surface area contributed by atoms with E-state index < -0.39 is 0 Å². The number of rotatable bonds is 5. The van der Waals surface area contributed by atoms with Gasteiger partial charge in [-0.2, -0.15) is 0 Å². The summed E-state index contributed by atoms with van der Waals surface area (Å²) in [5.41, 5.74) is 1.79. The van der Waals surface area contributed by atoms with Crippen molar-refractivity contribution in [2.45, 2.75) is 19.6 Å². The molecule has 1 saturated heterocycles. The van der Waals surface area contributed by atoms with Crippen molar-refractivity contribution in [3.63, 3.8) is 0 Å². The molecule has 0 aromatic heterocycles. The van der Waals surface area contributed by atoms with E-state index in [0.29, 0.717) is 26.2 Å². The third-order valence-electron chi connectivity index (χ3n) is 3.69. The van der Waals surface area contributed by atoms with Crippen molar-refractivity contribution in [3.8, 4) is 0 Å². The molecule has 0 unspecified atom stereocenters. The van der Waals surface area contributed by atoms with Crippen LogP contribution in [0.2, 0.25) is 0 Å². The highest BCUT2D eigenvalue weighted by Gasteiger charge is 2.22. The van der Waals surface area contributed by atoms with Crippen molar-refractivity contribution >= 4 is 5.91 Å². The van der Waals surface area contributed by atoms with Crippen LogP contribution in [0.3, 0.4) is 0 Å². The molecule has 1 aromatic carbocycles. The molecule has 1 aromatic rings. The first kappa shape index (κ1) is 15.9.